The van der Waals surface area contributed by atoms with E-state index in [2.05, 4.69) is 19.9 Å². The summed E-state index contributed by atoms with van der Waals surface area (Å²) in [6, 6.07) is 6.26. The van der Waals surface area contributed by atoms with Crippen molar-refractivity contribution in [3.63, 3.8) is 0 Å². The Kier molecular flexibility index (Phi) is 7.97. The van der Waals surface area contributed by atoms with Gasteiger partial charge >= 0.3 is 12.1 Å². The molecule has 2 fully saturated rings. The Morgan fingerprint density at radius 1 is 1.22 bits per heavy atom. The van der Waals surface area contributed by atoms with E-state index >= 15 is 0 Å². The molecule has 2 aromatic rings. The van der Waals surface area contributed by atoms with Crippen LogP contribution < -0.4 is 4.90 Å². The fraction of sp³-hybridized carbons (Fsp3) is 0.524. The lowest BCUT2D eigenvalue weighted by Crippen LogP contribution is -2.44. The van der Waals surface area contributed by atoms with Gasteiger partial charge in [0.1, 0.15) is 0 Å². The molecule has 4 heterocycles. The molecule has 0 aromatic carbocycles. The Morgan fingerprint density at radius 2 is 1.94 bits per heavy atom. The van der Waals surface area contributed by atoms with Gasteiger partial charge in [-0.05, 0) is 43.9 Å². The first-order chi connectivity index (χ1) is 15.2. The lowest BCUT2D eigenvalue weighted by molar-refractivity contribution is -0.192. The number of ether oxygens (including phenoxy) is 2. The number of hydrogen-bond donors (Lipinski definition) is 1. The van der Waals surface area contributed by atoms with Crippen LogP contribution in [0.25, 0.3) is 0 Å². The van der Waals surface area contributed by atoms with E-state index < -0.39 is 12.1 Å². The van der Waals surface area contributed by atoms with Crippen molar-refractivity contribution in [3.8, 4) is 0 Å². The number of pyridine rings is 1. The van der Waals surface area contributed by atoms with Crippen LogP contribution in [-0.2, 0) is 20.9 Å². The highest BCUT2D eigenvalue weighted by Crippen LogP contribution is 2.33. The third-order valence-corrected chi connectivity index (χ3v) is 5.18. The maximum absolute atomic E-state index is 10.6. The lowest BCUT2D eigenvalue weighted by Gasteiger charge is -2.35. The van der Waals surface area contributed by atoms with Crippen LogP contribution in [-0.4, -0.2) is 63.6 Å². The topological polar surface area (TPSA) is 97.7 Å². The van der Waals surface area contributed by atoms with Gasteiger partial charge in [-0.15, -0.1) is 0 Å². The molecule has 0 saturated carbocycles. The summed E-state index contributed by atoms with van der Waals surface area (Å²) in [7, 11) is 0. The number of aryl methyl sites for hydroxylation is 1. The molecule has 3 atom stereocenters. The van der Waals surface area contributed by atoms with E-state index in [1.807, 2.05) is 37.5 Å². The summed E-state index contributed by atoms with van der Waals surface area (Å²) >= 11 is 0. The van der Waals surface area contributed by atoms with Crippen LogP contribution in [0.3, 0.4) is 0 Å². The molecule has 0 unspecified atom stereocenters. The lowest BCUT2D eigenvalue weighted by atomic mass is 9.99. The summed E-state index contributed by atoms with van der Waals surface area (Å²) in [5.74, 6) is -1.93. The van der Waals surface area contributed by atoms with E-state index in [9.17, 15) is 13.2 Å². The molecule has 11 heteroatoms. The summed E-state index contributed by atoms with van der Waals surface area (Å²) in [5, 5.41) is 7.12. The fourth-order valence-electron chi connectivity index (χ4n) is 3.68. The molecule has 4 rings (SSSR count). The van der Waals surface area contributed by atoms with E-state index in [1.165, 1.54) is 0 Å². The quantitative estimate of drug-likeness (QED) is 0.736. The van der Waals surface area contributed by atoms with Crippen LogP contribution in [0.4, 0.5) is 19.1 Å². The van der Waals surface area contributed by atoms with Crippen LogP contribution in [0.2, 0.25) is 0 Å². The molecule has 2 aromatic heterocycles. The standard InChI is InChI=1S/C19H24N4O2.C2HF3O2/c1-14-10-21-19(22-11-14)23-9-7-18-17(23)6-5-16(25-18)13-24-12-15-4-2-3-8-20-15;3-2(4,5)1(6)7/h2-4,8,10-11,16-18H,5-7,9,12-13H2,1H3;(H,6,7)/t16-,17+,18+;/m1./s1. The Bertz CT molecular complexity index is 868. The Hall–Kier alpha value is -2.79. The fourth-order valence-corrected chi connectivity index (χ4v) is 3.68. The van der Waals surface area contributed by atoms with Crippen molar-refractivity contribution in [2.75, 3.05) is 18.1 Å². The Morgan fingerprint density at radius 3 is 2.56 bits per heavy atom. The predicted octanol–water partition coefficient (Wildman–Crippen LogP) is 3.16. The maximum Gasteiger partial charge on any atom is 0.490 e. The van der Waals surface area contributed by atoms with Gasteiger partial charge in [0, 0.05) is 25.1 Å². The number of alkyl halides is 3. The first-order valence-corrected chi connectivity index (χ1v) is 10.2. The molecule has 0 amide bonds. The minimum Gasteiger partial charge on any atom is -0.475 e. The molecule has 0 spiro atoms. The number of anilines is 1. The minimum absolute atomic E-state index is 0.170. The van der Waals surface area contributed by atoms with Crippen LogP contribution >= 0.6 is 0 Å². The van der Waals surface area contributed by atoms with Gasteiger partial charge in [0.05, 0.1) is 37.2 Å². The highest BCUT2D eigenvalue weighted by Gasteiger charge is 2.41. The molecule has 0 radical (unpaired) electrons. The third-order valence-electron chi connectivity index (χ3n) is 5.18. The molecular formula is C21H25F3N4O4. The average molecular weight is 454 g/mol. The average Bonchev–Trinajstić information content (AvgIpc) is 3.18. The normalized spacial score (nSPS) is 22.6. The molecule has 0 bridgehead atoms. The summed E-state index contributed by atoms with van der Waals surface area (Å²) in [6.45, 7) is 4.13. The van der Waals surface area contributed by atoms with Crippen LogP contribution in [0, 0.1) is 6.92 Å². The van der Waals surface area contributed by atoms with Gasteiger partial charge in [-0.2, -0.15) is 13.2 Å². The van der Waals surface area contributed by atoms with Crippen LogP contribution in [0.1, 0.15) is 30.5 Å². The molecule has 1 N–H and O–H groups in total. The minimum atomic E-state index is -5.08. The van der Waals surface area contributed by atoms with Gasteiger partial charge in [0.15, 0.2) is 0 Å². The van der Waals surface area contributed by atoms with Crippen molar-refractivity contribution in [3.05, 3.63) is 48.0 Å². The van der Waals surface area contributed by atoms with Gasteiger partial charge in [-0.3, -0.25) is 4.98 Å². The zero-order valence-electron chi connectivity index (χ0n) is 17.5. The molecule has 0 aliphatic carbocycles. The van der Waals surface area contributed by atoms with Gasteiger partial charge in [-0.1, -0.05) is 6.07 Å². The summed E-state index contributed by atoms with van der Waals surface area (Å²) < 4.78 is 43.8. The zero-order chi connectivity index (χ0) is 23.1. The molecule has 2 aliphatic rings. The SMILES string of the molecule is Cc1cnc(N2CC[C@@H]3O[C@@H](COCc4ccccn4)CC[C@@H]32)nc1.O=C(O)C(F)(F)F. The van der Waals surface area contributed by atoms with E-state index in [-0.39, 0.29) is 12.2 Å². The number of nitrogens with zero attached hydrogens (tertiary/aromatic N) is 4. The molecular weight excluding hydrogens is 429 g/mol. The number of carboxylic acids is 1. The second-order valence-electron chi connectivity index (χ2n) is 7.62. The number of hydrogen-bond acceptors (Lipinski definition) is 7. The number of aliphatic carboxylic acids is 1. The smallest absolute Gasteiger partial charge is 0.475 e. The number of rotatable bonds is 5. The van der Waals surface area contributed by atoms with E-state index in [0.717, 1.165) is 43.0 Å². The first-order valence-electron chi connectivity index (χ1n) is 10.2. The summed E-state index contributed by atoms with van der Waals surface area (Å²) in [6.07, 6.45) is 4.03. The number of halogens is 3. The number of carboxylic acid groups (broad SMARTS) is 1. The van der Waals surface area contributed by atoms with E-state index in [4.69, 9.17) is 19.4 Å². The van der Waals surface area contributed by atoms with Gasteiger partial charge < -0.3 is 19.5 Å². The predicted molar refractivity (Wildman–Crippen MR) is 108 cm³/mol. The molecule has 2 aliphatic heterocycles. The molecule has 32 heavy (non-hydrogen) atoms. The second-order valence-corrected chi connectivity index (χ2v) is 7.62. The monoisotopic (exact) mass is 454 g/mol. The van der Waals surface area contributed by atoms with Crippen molar-refractivity contribution in [2.24, 2.45) is 0 Å². The Labute approximate surface area is 183 Å². The molecule has 174 valence electrons. The van der Waals surface area contributed by atoms with Crippen molar-refractivity contribution < 1.29 is 32.5 Å². The van der Waals surface area contributed by atoms with E-state index in [1.54, 1.807) is 6.20 Å². The Balaban J connectivity index is 0.000000360. The number of carbonyl (C=O) groups is 1. The summed E-state index contributed by atoms with van der Waals surface area (Å²) in [4.78, 5) is 24.4. The van der Waals surface area contributed by atoms with Gasteiger partial charge in [-0.25, -0.2) is 14.8 Å². The van der Waals surface area contributed by atoms with Gasteiger partial charge in [0.2, 0.25) is 5.95 Å². The van der Waals surface area contributed by atoms with Crippen LogP contribution in [0.15, 0.2) is 36.8 Å². The molecule has 2 saturated heterocycles. The second kappa shape index (κ2) is 10.7. The number of fused-ring (bicyclic) bond motifs is 1. The number of aromatic nitrogens is 3. The first kappa shape index (κ1) is 23.9. The van der Waals surface area contributed by atoms with Crippen molar-refractivity contribution >= 4 is 11.9 Å². The van der Waals surface area contributed by atoms with Crippen LogP contribution in [0.5, 0.6) is 0 Å². The van der Waals surface area contributed by atoms with Gasteiger partial charge in [0.25, 0.3) is 0 Å². The third kappa shape index (κ3) is 6.60. The highest BCUT2D eigenvalue weighted by molar-refractivity contribution is 5.73. The van der Waals surface area contributed by atoms with Crippen molar-refractivity contribution in [1.29, 1.82) is 0 Å². The van der Waals surface area contributed by atoms with Crippen molar-refractivity contribution in [1.82, 2.24) is 15.0 Å². The van der Waals surface area contributed by atoms with Crippen molar-refractivity contribution in [2.45, 2.75) is 57.2 Å². The largest absolute Gasteiger partial charge is 0.490 e. The van der Waals surface area contributed by atoms with E-state index in [0.29, 0.717) is 19.3 Å². The summed E-state index contributed by atoms with van der Waals surface area (Å²) in [5.41, 5.74) is 2.05. The highest BCUT2D eigenvalue weighted by atomic mass is 19.4. The maximum atomic E-state index is 10.6. The zero-order valence-corrected chi connectivity index (χ0v) is 17.5. The molecule has 8 nitrogen and oxygen atoms in total.